The van der Waals surface area contributed by atoms with Crippen molar-refractivity contribution in [2.75, 3.05) is 17.2 Å². The van der Waals surface area contributed by atoms with Gasteiger partial charge < -0.3 is 58.1 Å². The van der Waals surface area contributed by atoms with Gasteiger partial charge in [-0.05, 0) is 0 Å². The second-order valence-corrected chi connectivity index (χ2v) is 6.37. The van der Waals surface area contributed by atoms with E-state index in [1.54, 1.807) is 0 Å². The van der Waals surface area contributed by atoms with Crippen LogP contribution in [0.3, 0.4) is 0 Å². The molecule has 0 aliphatic rings. The molecule has 14 N–H and O–H groups in total. The molecule has 0 aliphatic carbocycles. The molecule has 0 aliphatic heterocycles. The summed E-state index contributed by atoms with van der Waals surface area (Å²) in [5.74, 6) is -9.91. The summed E-state index contributed by atoms with van der Waals surface area (Å²) in [6, 6.07) is 0. The summed E-state index contributed by atoms with van der Waals surface area (Å²) in [7, 11) is 0. The van der Waals surface area contributed by atoms with Crippen LogP contribution in [0.4, 0.5) is 17.8 Å². The van der Waals surface area contributed by atoms with Gasteiger partial charge in [-0.15, -0.1) is 0 Å². The Morgan fingerprint density at radius 1 is 0.514 bits per heavy atom. The molecule has 1 aromatic rings. The van der Waals surface area contributed by atoms with E-state index < -0.39 is 72.7 Å². The standard InChI is InChI=1S/2C6H8O7.C3H6N6/c2*7-3(8)1-6(13,5(11)12)2-4(9)10;4-1-7-2(5)9-3(6)8-1/h2*13H,1-2H2,(H,7,8)(H,9,10)(H,11,12);(H6,4,5,6,7,8,9). The van der Waals surface area contributed by atoms with Crippen LogP contribution in [0, 0.1) is 0 Å². The number of aliphatic carboxylic acids is 6. The van der Waals surface area contributed by atoms with E-state index in [2.05, 4.69) is 15.0 Å². The van der Waals surface area contributed by atoms with E-state index in [9.17, 15) is 28.8 Å². The molecule has 20 heteroatoms. The normalized spacial score (nSPS) is 10.5. The topological polar surface area (TPSA) is 381 Å². The number of nitrogens with zero attached hydrogens (tertiary/aromatic N) is 3. The van der Waals surface area contributed by atoms with Crippen LogP contribution in [0.5, 0.6) is 0 Å². The average Bonchev–Trinajstić information content (AvgIpc) is 2.58. The smallest absolute Gasteiger partial charge is 0.336 e. The molecule has 0 radical (unpaired) electrons. The Hall–Kier alpha value is -4.85. The van der Waals surface area contributed by atoms with Crippen molar-refractivity contribution >= 4 is 53.7 Å². The van der Waals surface area contributed by atoms with Gasteiger partial charge in [-0.3, -0.25) is 19.2 Å². The Kier molecular flexibility index (Phi) is 12.6. The summed E-state index contributed by atoms with van der Waals surface area (Å²) >= 11 is 0. The van der Waals surface area contributed by atoms with Gasteiger partial charge >= 0.3 is 35.8 Å². The number of carboxylic acids is 6. The molecular formula is C15H22N6O14. The molecule has 0 atom stereocenters. The molecule has 0 saturated heterocycles. The lowest BCUT2D eigenvalue weighted by molar-refractivity contribution is -0.170. The van der Waals surface area contributed by atoms with Crippen molar-refractivity contribution in [1.29, 1.82) is 0 Å². The predicted octanol–water partition coefficient (Wildman–Crippen LogP) is -3.88. The Morgan fingerprint density at radius 2 is 0.686 bits per heavy atom. The van der Waals surface area contributed by atoms with E-state index in [0.29, 0.717) is 0 Å². The molecule has 1 aromatic heterocycles. The van der Waals surface area contributed by atoms with Crippen LogP contribution in [0.15, 0.2) is 0 Å². The zero-order valence-corrected chi connectivity index (χ0v) is 17.4. The lowest BCUT2D eigenvalue weighted by Crippen LogP contribution is -2.42. The van der Waals surface area contributed by atoms with Crippen molar-refractivity contribution in [3.05, 3.63) is 0 Å². The van der Waals surface area contributed by atoms with Crippen LogP contribution in [-0.2, 0) is 28.8 Å². The van der Waals surface area contributed by atoms with Crippen LogP contribution in [0.25, 0.3) is 0 Å². The predicted molar refractivity (Wildman–Crippen MR) is 107 cm³/mol. The SMILES string of the molecule is Nc1nc(N)nc(N)n1.O=C(O)CC(O)(CC(=O)O)C(=O)O.O=C(O)CC(O)(CC(=O)O)C(=O)O. The number of rotatable bonds is 10. The number of aliphatic hydroxyl groups is 2. The number of hydrogen-bond acceptors (Lipinski definition) is 14. The zero-order valence-electron chi connectivity index (χ0n) is 17.4. The lowest BCUT2D eigenvalue weighted by atomic mass is 9.96. The second-order valence-electron chi connectivity index (χ2n) is 6.37. The largest absolute Gasteiger partial charge is 0.481 e. The summed E-state index contributed by atoms with van der Waals surface area (Å²) < 4.78 is 0. The molecule has 0 aromatic carbocycles. The summed E-state index contributed by atoms with van der Waals surface area (Å²) in [4.78, 5) is 71.4. The molecule has 1 rings (SSSR count). The van der Waals surface area contributed by atoms with E-state index in [4.69, 9.17) is 58.1 Å². The first-order valence-electron chi connectivity index (χ1n) is 8.55. The van der Waals surface area contributed by atoms with Gasteiger partial charge in [0.1, 0.15) is 0 Å². The number of aromatic nitrogens is 3. The van der Waals surface area contributed by atoms with Gasteiger partial charge in [0.15, 0.2) is 11.2 Å². The quantitative estimate of drug-likeness (QED) is 0.143. The summed E-state index contributed by atoms with van der Waals surface area (Å²) in [6.45, 7) is 0. The fourth-order valence-corrected chi connectivity index (χ4v) is 1.86. The van der Waals surface area contributed by atoms with Gasteiger partial charge in [-0.2, -0.15) is 15.0 Å². The minimum absolute atomic E-state index is 0.0417. The minimum atomic E-state index is -2.74. The highest BCUT2D eigenvalue weighted by atomic mass is 16.4. The first-order chi connectivity index (χ1) is 15.7. The Balaban J connectivity index is 0. The molecule has 0 spiro atoms. The molecule has 0 fully saturated rings. The van der Waals surface area contributed by atoms with Crippen LogP contribution < -0.4 is 17.2 Å². The van der Waals surface area contributed by atoms with Gasteiger partial charge in [-0.1, -0.05) is 0 Å². The van der Waals surface area contributed by atoms with E-state index >= 15 is 0 Å². The number of hydrogen-bond donors (Lipinski definition) is 11. The highest BCUT2D eigenvalue weighted by Gasteiger charge is 2.41. The lowest BCUT2D eigenvalue weighted by Gasteiger charge is -2.18. The maximum atomic E-state index is 10.3. The van der Waals surface area contributed by atoms with Crippen LogP contribution in [0.1, 0.15) is 25.7 Å². The van der Waals surface area contributed by atoms with E-state index in [1.807, 2.05) is 0 Å². The van der Waals surface area contributed by atoms with Gasteiger partial charge in [-0.25, -0.2) is 9.59 Å². The minimum Gasteiger partial charge on any atom is -0.481 e. The van der Waals surface area contributed by atoms with Crippen molar-refractivity contribution in [2.45, 2.75) is 36.9 Å². The number of carbonyl (C=O) groups is 6. The third kappa shape index (κ3) is 14.0. The van der Waals surface area contributed by atoms with Crippen molar-refractivity contribution in [3.8, 4) is 0 Å². The van der Waals surface area contributed by atoms with Gasteiger partial charge in [0.2, 0.25) is 17.8 Å². The van der Waals surface area contributed by atoms with Crippen molar-refractivity contribution in [1.82, 2.24) is 15.0 Å². The number of carboxylic acid groups (broad SMARTS) is 6. The van der Waals surface area contributed by atoms with Crippen molar-refractivity contribution in [2.24, 2.45) is 0 Å². The Labute approximate surface area is 193 Å². The van der Waals surface area contributed by atoms with Crippen LogP contribution in [-0.4, -0.2) is 103 Å². The third-order valence-electron chi connectivity index (χ3n) is 3.26. The van der Waals surface area contributed by atoms with E-state index in [0.717, 1.165) is 0 Å². The maximum absolute atomic E-state index is 10.3. The number of anilines is 3. The van der Waals surface area contributed by atoms with E-state index in [1.165, 1.54) is 0 Å². The molecule has 0 unspecified atom stereocenters. The van der Waals surface area contributed by atoms with Crippen molar-refractivity contribution < 1.29 is 69.6 Å². The second kappa shape index (κ2) is 13.6. The highest BCUT2D eigenvalue weighted by molar-refractivity contribution is 5.88. The number of nitrogen functional groups attached to an aromatic ring is 3. The van der Waals surface area contributed by atoms with E-state index in [-0.39, 0.29) is 17.8 Å². The molecule has 35 heavy (non-hydrogen) atoms. The van der Waals surface area contributed by atoms with Crippen LogP contribution >= 0.6 is 0 Å². The van der Waals surface area contributed by atoms with Gasteiger partial charge in [0, 0.05) is 0 Å². The highest BCUT2D eigenvalue weighted by Crippen LogP contribution is 2.16. The summed E-state index contributed by atoms with van der Waals surface area (Å²) in [5.41, 5.74) is 9.93. The molecule has 0 amide bonds. The molecule has 196 valence electrons. The first kappa shape index (κ1) is 32.3. The Morgan fingerprint density at radius 3 is 0.800 bits per heavy atom. The zero-order chi connectivity index (χ0) is 28.1. The summed E-state index contributed by atoms with van der Waals surface area (Å²) in [6.07, 6.45) is -4.58. The fourth-order valence-electron chi connectivity index (χ4n) is 1.86. The van der Waals surface area contributed by atoms with Crippen LogP contribution in [0.2, 0.25) is 0 Å². The monoisotopic (exact) mass is 510 g/mol. The third-order valence-corrected chi connectivity index (χ3v) is 3.26. The molecule has 0 saturated carbocycles. The van der Waals surface area contributed by atoms with Gasteiger partial charge in [0.05, 0.1) is 25.7 Å². The molecular weight excluding hydrogens is 488 g/mol. The molecule has 1 heterocycles. The molecule has 20 nitrogen and oxygen atoms in total. The van der Waals surface area contributed by atoms with Gasteiger partial charge in [0.25, 0.3) is 0 Å². The Bertz CT molecular complexity index is 833. The first-order valence-corrected chi connectivity index (χ1v) is 8.55. The number of nitrogens with two attached hydrogens (primary N) is 3. The maximum Gasteiger partial charge on any atom is 0.336 e. The average molecular weight is 510 g/mol. The molecule has 0 bridgehead atoms. The summed E-state index contributed by atoms with van der Waals surface area (Å²) in [5, 5.41) is 67.6. The van der Waals surface area contributed by atoms with Crippen molar-refractivity contribution in [3.63, 3.8) is 0 Å². The fraction of sp³-hybridized carbons (Fsp3) is 0.400.